The van der Waals surface area contributed by atoms with Gasteiger partial charge in [0.2, 0.25) is 0 Å². The van der Waals surface area contributed by atoms with Gasteiger partial charge in [0.05, 0.1) is 5.56 Å². The first kappa shape index (κ1) is 19.5. The molecule has 32 heavy (non-hydrogen) atoms. The molecule has 2 heterocycles. The molecular weight excluding hydrogens is 407 g/mol. The van der Waals surface area contributed by atoms with Crippen molar-refractivity contribution in [1.29, 1.82) is 0 Å². The summed E-state index contributed by atoms with van der Waals surface area (Å²) in [5.74, 6) is 0.204. The van der Waals surface area contributed by atoms with Gasteiger partial charge in [0.1, 0.15) is 11.5 Å². The molecule has 4 fully saturated rings. The van der Waals surface area contributed by atoms with Crippen LogP contribution in [0.1, 0.15) is 59.2 Å². The number of aromatic nitrogens is 2. The summed E-state index contributed by atoms with van der Waals surface area (Å²) < 4.78 is 15.5. The summed E-state index contributed by atoms with van der Waals surface area (Å²) in [7, 11) is 0. The van der Waals surface area contributed by atoms with Crippen LogP contribution >= 0.6 is 0 Å². The molecule has 4 aliphatic rings. The molecule has 2 aromatic heterocycles. The van der Waals surface area contributed by atoms with Gasteiger partial charge in [-0.25, -0.2) is 9.37 Å². The molecule has 2 unspecified atom stereocenters. The minimum atomic E-state index is -0.415. The lowest BCUT2D eigenvalue weighted by atomic mass is 9.49. The van der Waals surface area contributed by atoms with E-state index in [1.54, 1.807) is 30.6 Å². The molecule has 6 nitrogen and oxygen atoms in total. The highest BCUT2D eigenvalue weighted by Crippen LogP contribution is 2.57. The number of carbonyl (C=O) groups excluding carboxylic acids is 2. The van der Waals surface area contributed by atoms with Crippen LogP contribution in [0.25, 0.3) is 5.65 Å². The van der Waals surface area contributed by atoms with E-state index in [1.807, 2.05) is 16.7 Å². The highest BCUT2D eigenvalue weighted by atomic mass is 19.1. The molecule has 3 aromatic rings. The molecule has 0 radical (unpaired) electrons. The van der Waals surface area contributed by atoms with E-state index in [0.717, 1.165) is 37.8 Å². The van der Waals surface area contributed by atoms with Crippen LogP contribution in [0.15, 0.2) is 55.0 Å². The molecule has 2 amide bonds. The largest absolute Gasteiger partial charge is 0.346 e. The molecule has 7 heteroatoms. The van der Waals surface area contributed by atoms with E-state index in [1.165, 1.54) is 12.1 Å². The fourth-order valence-corrected chi connectivity index (χ4v) is 6.87. The number of benzene rings is 1. The van der Waals surface area contributed by atoms with Crippen LogP contribution in [-0.2, 0) is 0 Å². The van der Waals surface area contributed by atoms with Gasteiger partial charge in [0, 0.05) is 35.2 Å². The van der Waals surface area contributed by atoms with Gasteiger partial charge in [-0.1, -0.05) is 6.07 Å². The van der Waals surface area contributed by atoms with Gasteiger partial charge < -0.3 is 15.0 Å². The number of hydrogen-bond donors (Lipinski definition) is 2. The van der Waals surface area contributed by atoms with E-state index in [-0.39, 0.29) is 22.9 Å². The number of rotatable bonds is 4. The Kier molecular flexibility index (Phi) is 4.19. The second-order valence-corrected chi connectivity index (χ2v) is 10.1. The maximum Gasteiger partial charge on any atom is 0.253 e. The second kappa shape index (κ2) is 6.89. The van der Waals surface area contributed by atoms with Gasteiger partial charge in [-0.2, -0.15) is 0 Å². The average molecular weight is 432 g/mol. The summed E-state index contributed by atoms with van der Waals surface area (Å²) in [4.78, 5) is 30.4. The van der Waals surface area contributed by atoms with Crippen LogP contribution in [0.3, 0.4) is 0 Å². The van der Waals surface area contributed by atoms with Crippen molar-refractivity contribution in [3.63, 3.8) is 0 Å². The quantitative estimate of drug-likeness (QED) is 0.660. The van der Waals surface area contributed by atoms with Crippen molar-refractivity contribution >= 4 is 17.5 Å². The van der Waals surface area contributed by atoms with E-state index in [0.29, 0.717) is 29.4 Å². The Morgan fingerprint density at radius 2 is 1.66 bits per heavy atom. The summed E-state index contributed by atoms with van der Waals surface area (Å²) in [6, 6.07) is 9.47. The summed E-state index contributed by atoms with van der Waals surface area (Å²) in [6.45, 7) is 0. The Bertz CT molecular complexity index is 1220. The normalized spacial score (nSPS) is 30.4. The zero-order valence-electron chi connectivity index (χ0n) is 17.7. The van der Waals surface area contributed by atoms with E-state index in [9.17, 15) is 14.0 Å². The van der Waals surface area contributed by atoms with Crippen molar-refractivity contribution in [2.75, 3.05) is 0 Å². The van der Waals surface area contributed by atoms with Crippen LogP contribution in [-0.4, -0.2) is 32.3 Å². The molecule has 4 bridgehead atoms. The van der Waals surface area contributed by atoms with Gasteiger partial charge in [-0.15, -0.1) is 0 Å². The van der Waals surface area contributed by atoms with Crippen molar-refractivity contribution in [3.05, 3.63) is 71.9 Å². The Labute approximate surface area is 185 Å². The highest BCUT2D eigenvalue weighted by Gasteiger charge is 2.58. The molecule has 0 saturated heterocycles. The Morgan fingerprint density at radius 1 is 0.969 bits per heavy atom. The molecule has 2 atom stereocenters. The molecule has 164 valence electrons. The Hall–Kier alpha value is -3.22. The fourth-order valence-electron chi connectivity index (χ4n) is 6.87. The summed E-state index contributed by atoms with van der Waals surface area (Å²) in [6.07, 6.45) is 10.9. The van der Waals surface area contributed by atoms with E-state index >= 15 is 0 Å². The highest BCUT2D eigenvalue weighted by molar-refractivity contribution is 5.95. The molecule has 4 saturated carbocycles. The van der Waals surface area contributed by atoms with Crippen LogP contribution in [0, 0.1) is 17.7 Å². The first-order valence-electron chi connectivity index (χ1n) is 11.2. The maximum absolute atomic E-state index is 13.6. The number of nitrogens with one attached hydrogen (secondary N) is 2. The Morgan fingerprint density at radius 3 is 2.34 bits per heavy atom. The molecule has 2 N–H and O–H groups in total. The van der Waals surface area contributed by atoms with Crippen molar-refractivity contribution < 1.29 is 14.0 Å². The van der Waals surface area contributed by atoms with Gasteiger partial charge in [-0.3, -0.25) is 9.59 Å². The third kappa shape index (κ3) is 3.27. The van der Waals surface area contributed by atoms with Crippen LogP contribution in [0.4, 0.5) is 4.39 Å². The lowest BCUT2D eigenvalue weighted by molar-refractivity contribution is -0.0448. The summed E-state index contributed by atoms with van der Waals surface area (Å²) in [5.41, 5.74) is 1.07. The molecule has 4 aliphatic carbocycles. The number of hydrogen-bond acceptors (Lipinski definition) is 3. The summed E-state index contributed by atoms with van der Waals surface area (Å²) >= 11 is 0. The second-order valence-electron chi connectivity index (χ2n) is 10.1. The van der Waals surface area contributed by atoms with Gasteiger partial charge in [-0.05, 0) is 80.7 Å². The number of nitrogens with zero attached hydrogens (tertiary/aromatic N) is 2. The fraction of sp³-hybridized carbons (Fsp3) is 0.400. The lowest BCUT2D eigenvalue weighted by Crippen LogP contribution is -2.69. The smallest absolute Gasteiger partial charge is 0.253 e. The number of carbonyl (C=O) groups is 2. The zero-order chi connectivity index (χ0) is 21.9. The number of fused-ring (bicyclic) bond motifs is 1. The standard InChI is InChI=1S/C25H25FN4O2/c26-20-3-1-2-18(9-20)22(31)28-24-10-16-8-17(11-24)13-25(12-16,15-24)29-23(32)19-4-5-21-27-6-7-30(21)14-19/h1-7,9,14,16-17H,8,10-13,15H2,(H,28,31)(H,29,32). The minimum Gasteiger partial charge on any atom is -0.346 e. The summed E-state index contributed by atoms with van der Waals surface area (Å²) in [5, 5.41) is 6.62. The first-order valence-corrected chi connectivity index (χ1v) is 11.2. The third-order valence-electron chi connectivity index (χ3n) is 7.56. The SMILES string of the molecule is O=C(NC12CC3CC(C1)CC(NC(=O)c1ccc4nccn4c1)(C3)C2)c1cccc(F)c1. The molecular formula is C25H25FN4O2. The molecule has 7 rings (SSSR count). The monoisotopic (exact) mass is 432 g/mol. The Balaban J connectivity index is 1.25. The lowest BCUT2D eigenvalue weighted by Gasteiger charge is -2.62. The number of amides is 2. The number of imidazole rings is 1. The predicted octanol–water partition coefficient (Wildman–Crippen LogP) is 3.72. The predicted molar refractivity (Wildman–Crippen MR) is 117 cm³/mol. The van der Waals surface area contributed by atoms with Crippen molar-refractivity contribution in [2.24, 2.45) is 11.8 Å². The van der Waals surface area contributed by atoms with Crippen molar-refractivity contribution in [2.45, 2.75) is 49.6 Å². The zero-order valence-corrected chi connectivity index (χ0v) is 17.7. The van der Waals surface area contributed by atoms with Gasteiger partial charge in [0.15, 0.2) is 0 Å². The van der Waals surface area contributed by atoms with E-state index < -0.39 is 5.82 Å². The van der Waals surface area contributed by atoms with Crippen molar-refractivity contribution in [1.82, 2.24) is 20.0 Å². The van der Waals surface area contributed by atoms with Crippen LogP contribution in [0.5, 0.6) is 0 Å². The third-order valence-corrected chi connectivity index (χ3v) is 7.56. The van der Waals surface area contributed by atoms with Gasteiger partial charge in [0.25, 0.3) is 11.8 Å². The number of pyridine rings is 1. The molecule has 0 aliphatic heterocycles. The van der Waals surface area contributed by atoms with Gasteiger partial charge >= 0.3 is 0 Å². The average Bonchev–Trinajstić information content (AvgIpc) is 3.20. The van der Waals surface area contributed by atoms with Crippen molar-refractivity contribution in [3.8, 4) is 0 Å². The van der Waals surface area contributed by atoms with Crippen LogP contribution < -0.4 is 10.6 Å². The number of halogens is 1. The first-order chi connectivity index (χ1) is 15.4. The molecule has 1 aromatic carbocycles. The van der Waals surface area contributed by atoms with Crippen LogP contribution in [0.2, 0.25) is 0 Å². The minimum absolute atomic E-state index is 0.0887. The molecule has 0 spiro atoms. The van der Waals surface area contributed by atoms with E-state index in [2.05, 4.69) is 15.6 Å². The van der Waals surface area contributed by atoms with E-state index in [4.69, 9.17) is 0 Å². The topological polar surface area (TPSA) is 75.5 Å². The maximum atomic E-state index is 13.6.